The molecule has 0 radical (unpaired) electrons. The van der Waals surface area contributed by atoms with Crippen molar-refractivity contribution in [3.05, 3.63) is 0 Å². The molecule has 2 aliphatic rings. The Morgan fingerprint density at radius 2 is 1.86 bits per heavy atom. The Hall–Kier alpha value is -0.0400. The van der Waals surface area contributed by atoms with E-state index >= 15 is 0 Å². The van der Waals surface area contributed by atoms with Crippen LogP contribution in [0.1, 0.15) is 57.8 Å². The number of nitrogens with two attached hydrogens (primary N) is 1. The number of hydrogen-bond donors (Lipinski definition) is 2. The molecule has 0 aromatic carbocycles. The van der Waals surface area contributed by atoms with Gasteiger partial charge in [-0.1, -0.05) is 25.7 Å². The summed E-state index contributed by atoms with van der Waals surface area (Å²) in [5.74, 6) is 1.44. The number of halogens is 1. The van der Waals surface area contributed by atoms with Gasteiger partial charge in [-0.05, 0) is 51.6 Å². The summed E-state index contributed by atoms with van der Waals surface area (Å²) in [6.07, 6.45) is 12.2. The smallest absolute Gasteiger partial charge is 0.188 e. The first-order valence-corrected chi connectivity index (χ1v) is 8.49. The maximum Gasteiger partial charge on any atom is 0.188 e. The first-order valence-electron chi connectivity index (χ1n) is 8.49. The molecule has 2 fully saturated rings. The maximum absolute atomic E-state index is 5.89. The van der Waals surface area contributed by atoms with Crippen LogP contribution in [0.5, 0.6) is 0 Å². The van der Waals surface area contributed by atoms with Crippen LogP contribution in [-0.2, 0) is 0 Å². The number of guanidine groups is 1. The summed E-state index contributed by atoms with van der Waals surface area (Å²) in [7, 11) is 2.27. The van der Waals surface area contributed by atoms with Crippen molar-refractivity contribution in [1.82, 2.24) is 10.2 Å². The fourth-order valence-electron chi connectivity index (χ4n) is 3.21. The van der Waals surface area contributed by atoms with Gasteiger partial charge in [0, 0.05) is 19.1 Å². The van der Waals surface area contributed by atoms with Gasteiger partial charge in [0.15, 0.2) is 5.96 Å². The van der Waals surface area contributed by atoms with Gasteiger partial charge in [-0.25, -0.2) is 0 Å². The highest BCUT2D eigenvalue weighted by Crippen LogP contribution is 2.26. The van der Waals surface area contributed by atoms with Crippen molar-refractivity contribution in [2.45, 2.75) is 63.8 Å². The number of hydrogen-bond acceptors (Lipinski definition) is 2. The monoisotopic (exact) mass is 408 g/mol. The molecule has 124 valence electrons. The molecule has 21 heavy (non-hydrogen) atoms. The molecule has 0 unspecified atom stereocenters. The Balaban J connectivity index is 0.00000220. The van der Waals surface area contributed by atoms with Gasteiger partial charge >= 0.3 is 0 Å². The second kappa shape index (κ2) is 10.6. The van der Waals surface area contributed by atoms with E-state index in [9.17, 15) is 0 Å². The first kappa shape index (κ1) is 19.0. The van der Waals surface area contributed by atoms with Crippen LogP contribution >= 0.6 is 24.0 Å². The molecule has 2 aliphatic carbocycles. The first-order chi connectivity index (χ1) is 9.75. The molecular formula is C16H33IN4. The van der Waals surface area contributed by atoms with Crippen molar-refractivity contribution in [2.75, 3.05) is 26.7 Å². The average Bonchev–Trinajstić information content (AvgIpc) is 2.42. The zero-order chi connectivity index (χ0) is 14.2. The second-order valence-corrected chi connectivity index (χ2v) is 6.58. The average molecular weight is 408 g/mol. The van der Waals surface area contributed by atoms with Crippen LogP contribution in [0.2, 0.25) is 0 Å². The summed E-state index contributed by atoms with van der Waals surface area (Å²) in [5, 5.41) is 3.25. The Morgan fingerprint density at radius 3 is 2.48 bits per heavy atom. The van der Waals surface area contributed by atoms with Gasteiger partial charge in [-0.15, -0.1) is 24.0 Å². The minimum Gasteiger partial charge on any atom is -0.370 e. The third-order valence-electron chi connectivity index (χ3n) is 4.94. The zero-order valence-corrected chi connectivity index (χ0v) is 15.9. The Kier molecular flexibility index (Phi) is 9.64. The standard InChI is InChI=1S/C16H32N4.HI/c1-20(15-9-3-2-4-10-15)12-6-11-18-16(17)19-13-14-7-5-8-14;/h14-15H,2-13H2,1H3,(H3,17,18,19);1H. The van der Waals surface area contributed by atoms with Gasteiger partial charge in [0.25, 0.3) is 0 Å². The van der Waals surface area contributed by atoms with Crippen LogP contribution in [0.15, 0.2) is 4.99 Å². The van der Waals surface area contributed by atoms with Gasteiger partial charge in [0.05, 0.1) is 0 Å². The third kappa shape index (κ3) is 7.17. The van der Waals surface area contributed by atoms with Gasteiger partial charge < -0.3 is 16.0 Å². The van der Waals surface area contributed by atoms with Gasteiger partial charge in [-0.2, -0.15) is 0 Å². The highest BCUT2D eigenvalue weighted by molar-refractivity contribution is 14.0. The number of aliphatic imine (C=N–C) groups is 1. The van der Waals surface area contributed by atoms with E-state index in [2.05, 4.69) is 22.3 Å². The highest BCUT2D eigenvalue weighted by atomic mass is 127. The molecule has 0 spiro atoms. The van der Waals surface area contributed by atoms with Crippen molar-refractivity contribution < 1.29 is 0 Å². The van der Waals surface area contributed by atoms with Crippen LogP contribution in [0, 0.1) is 5.92 Å². The highest BCUT2D eigenvalue weighted by Gasteiger charge is 2.17. The van der Waals surface area contributed by atoms with Crippen molar-refractivity contribution in [1.29, 1.82) is 0 Å². The van der Waals surface area contributed by atoms with Crippen molar-refractivity contribution in [2.24, 2.45) is 16.6 Å². The summed E-state index contributed by atoms with van der Waals surface area (Å²) in [4.78, 5) is 6.95. The van der Waals surface area contributed by atoms with Crippen LogP contribution in [0.4, 0.5) is 0 Å². The van der Waals surface area contributed by atoms with E-state index in [0.717, 1.165) is 38.0 Å². The van der Waals surface area contributed by atoms with E-state index in [-0.39, 0.29) is 24.0 Å². The fraction of sp³-hybridized carbons (Fsp3) is 0.938. The molecular weight excluding hydrogens is 375 g/mol. The number of nitrogens with zero attached hydrogens (tertiary/aromatic N) is 2. The Morgan fingerprint density at radius 1 is 1.14 bits per heavy atom. The van der Waals surface area contributed by atoms with Crippen LogP contribution < -0.4 is 11.1 Å². The van der Waals surface area contributed by atoms with E-state index in [4.69, 9.17) is 5.73 Å². The second-order valence-electron chi connectivity index (χ2n) is 6.58. The van der Waals surface area contributed by atoms with Crippen LogP contribution in [0.25, 0.3) is 0 Å². The predicted octanol–water partition coefficient (Wildman–Crippen LogP) is 2.96. The van der Waals surface area contributed by atoms with E-state index in [1.807, 2.05) is 0 Å². The van der Waals surface area contributed by atoms with E-state index in [1.54, 1.807) is 0 Å². The molecule has 0 heterocycles. The third-order valence-corrected chi connectivity index (χ3v) is 4.94. The van der Waals surface area contributed by atoms with Crippen LogP contribution in [0.3, 0.4) is 0 Å². The number of rotatable bonds is 7. The quantitative estimate of drug-likeness (QED) is 0.295. The minimum atomic E-state index is 0. The molecule has 4 nitrogen and oxygen atoms in total. The summed E-state index contributed by atoms with van der Waals surface area (Å²) >= 11 is 0. The normalized spacial score (nSPS) is 21.0. The van der Waals surface area contributed by atoms with Crippen molar-refractivity contribution in [3.63, 3.8) is 0 Å². The Labute approximate surface area is 147 Å². The lowest BCUT2D eigenvalue weighted by Crippen LogP contribution is -2.37. The van der Waals surface area contributed by atoms with Gasteiger partial charge in [0.2, 0.25) is 0 Å². The summed E-state index contributed by atoms with van der Waals surface area (Å²) in [6, 6.07) is 0.813. The topological polar surface area (TPSA) is 53.6 Å². The Bertz CT molecular complexity index is 299. The molecule has 5 heteroatoms. The molecule has 2 rings (SSSR count). The van der Waals surface area contributed by atoms with Crippen molar-refractivity contribution in [3.8, 4) is 0 Å². The molecule has 0 saturated heterocycles. The molecule has 0 aromatic rings. The molecule has 2 saturated carbocycles. The zero-order valence-electron chi connectivity index (χ0n) is 13.5. The predicted molar refractivity (Wildman–Crippen MR) is 101 cm³/mol. The molecule has 0 aliphatic heterocycles. The summed E-state index contributed by atoms with van der Waals surface area (Å²) in [6.45, 7) is 3.02. The lowest BCUT2D eigenvalue weighted by molar-refractivity contribution is 0.190. The molecule has 3 N–H and O–H groups in total. The molecule has 0 amide bonds. The fourth-order valence-corrected chi connectivity index (χ4v) is 3.21. The van der Waals surface area contributed by atoms with Crippen molar-refractivity contribution >= 4 is 29.9 Å². The van der Waals surface area contributed by atoms with Gasteiger partial charge in [0.1, 0.15) is 0 Å². The lowest BCUT2D eigenvalue weighted by atomic mass is 9.86. The maximum atomic E-state index is 5.89. The molecule has 0 aromatic heterocycles. The van der Waals surface area contributed by atoms with E-state index in [1.165, 1.54) is 51.4 Å². The van der Waals surface area contributed by atoms with E-state index < -0.39 is 0 Å². The largest absolute Gasteiger partial charge is 0.370 e. The van der Waals surface area contributed by atoms with Gasteiger partial charge in [-0.3, -0.25) is 4.99 Å². The molecule has 0 bridgehead atoms. The van der Waals surface area contributed by atoms with Crippen LogP contribution in [-0.4, -0.2) is 43.6 Å². The van der Waals surface area contributed by atoms with E-state index in [0.29, 0.717) is 5.96 Å². The number of nitrogens with one attached hydrogen (secondary N) is 1. The summed E-state index contributed by atoms with van der Waals surface area (Å²) in [5.41, 5.74) is 5.89. The lowest BCUT2D eigenvalue weighted by Gasteiger charge is -2.31. The molecule has 0 atom stereocenters. The summed E-state index contributed by atoms with van der Waals surface area (Å²) < 4.78 is 0. The minimum absolute atomic E-state index is 0. The SMILES string of the molecule is CN(CCCNC(N)=NCC1CCC1)C1CCCCC1.I.